The molecule has 0 amide bonds. The van der Waals surface area contributed by atoms with E-state index in [1.807, 2.05) is 0 Å². The number of hydrogen-bond acceptors (Lipinski definition) is 5. The fraction of sp³-hybridized carbons (Fsp3) is 0.762. The molecule has 2 bridgehead atoms. The standard InChI is InChI=1S/C21H35NO5/c1-2-3-4-5-6-7-8-21-17-26-10-9-24-15-18-13-20(23)14-19(22-18)16-25-11-12-27-21/h13-14,21H,2-12,15-17H2,1H3,(H,22,23). The van der Waals surface area contributed by atoms with E-state index in [1.165, 1.54) is 38.5 Å². The van der Waals surface area contributed by atoms with Crippen LogP contribution in [-0.4, -0.2) is 44.1 Å². The van der Waals surface area contributed by atoms with Gasteiger partial charge in [-0.25, -0.2) is 0 Å². The molecule has 2 rings (SSSR count). The molecule has 0 spiro atoms. The Morgan fingerprint density at radius 2 is 1.52 bits per heavy atom. The summed E-state index contributed by atoms with van der Waals surface area (Å²) < 4.78 is 22.9. The van der Waals surface area contributed by atoms with Crippen LogP contribution in [0.3, 0.4) is 0 Å². The van der Waals surface area contributed by atoms with E-state index in [0.29, 0.717) is 46.2 Å². The fourth-order valence-electron chi connectivity index (χ4n) is 3.16. The number of aromatic nitrogens is 1. The molecule has 0 aromatic carbocycles. The molecule has 6 nitrogen and oxygen atoms in total. The predicted octanol–water partition coefficient (Wildman–Crippen LogP) is 3.57. The summed E-state index contributed by atoms with van der Waals surface area (Å²) in [7, 11) is 0. The molecule has 0 saturated carbocycles. The van der Waals surface area contributed by atoms with Crippen LogP contribution in [0.15, 0.2) is 16.9 Å². The second-order valence-electron chi connectivity index (χ2n) is 7.10. The van der Waals surface area contributed by atoms with Gasteiger partial charge in [0.2, 0.25) is 0 Å². The first kappa shape index (κ1) is 22.1. The summed E-state index contributed by atoms with van der Waals surface area (Å²) in [5.74, 6) is 0. The molecule has 1 N–H and O–H groups in total. The van der Waals surface area contributed by atoms with Crippen LogP contribution in [0.1, 0.15) is 63.3 Å². The molecule has 0 aliphatic carbocycles. The number of H-pyrrole nitrogens is 1. The second kappa shape index (κ2) is 13.9. The first-order valence-corrected chi connectivity index (χ1v) is 10.3. The van der Waals surface area contributed by atoms with Gasteiger partial charge in [-0.1, -0.05) is 45.4 Å². The first-order chi connectivity index (χ1) is 13.3. The zero-order valence-electron chi connectivity index (χ0n) is 16.7. The molecule has 27 heavy (non-hydrogen) atoms. The summed E-state index contributed by atoms with van der Waals surface area (Å²) in [6, 6.07) is 3.12. The second-order valence-corrected chi connectivity index (χ2v) is 7.10. The SMILES string of the molecule is CCCCCCCCC1COCCOCc2cc(=O)cc([nH]2)COCCO1. The van der Waals surface area contributed by atoms with Crippen molar-refractivity contribution in [3.63, 3.8) is 0 Å². The zero-order valence-corrected chi connectivity index (χ0v) is 16.7. The average Bonchev–Trinajstić information content (AvgIpc) is 2.65. The normalized spacial score (nSPS) is 20.0. The molecule has 1 aliphatic rings. The Hall–Kier alpha value is -1.21. The van der Waals surface area contributed by atoms with E-state index in [0.717, 1.165) is 17.8 Å². The molecule has 1 atom stereocenters. The Bertz CT molecular complexity index is 560. The van der Waals surface area contributed by atoms with Gasteiger partial charge in [-0.3, -0.25) is 4.79 Å². The zero-order chi connectivity index (χ0) is 19.2. The third-order valence-electron chi connectivity index (χ3n) is 4.61. The van der Waals surface area contributed by atoms with Crippen LogP contribution in [0, 0.1) is 0 Å². The van der Waals surface area contributed by atoms with Crippen LogP contribution < -0.4 is 5.43 Å². The smallest absolute Gasteiger partial charge is 0.182 e. The van der Waals surface area contributed by atoms with Crippen LogP contribution in [0.2, 0.25) is 0 Å². The highest BCUT2D eigenvalue weighted by molar-refractivity contribution is 5.10. The number of hydrogen-bond donors (Lipinski definition) is 1. The third-order valence-corrected chi connectivity index (χ3v) is 4.61. The summed E-state index contributed by atoms with van der Waals surface area (Å²) in [5, 5.41) is 0. The van der Waals surface area contributed by atoms with E-state index in [-0.39, 0.29) is 11.5 Å². The van der Waals surface area contributed by atoms with Crippen LogP contribution >= 0.6 is 0 Å². The van der Waals surface area contributed by atoms with Crippen molar-refractivity contribution in [2.45, 2.75) is 71.2 Å². The van der Waals surface area contributed by atoms with Crippen molar-refractivity contribution < 1.29 is 18.9 Å². The van der Waals surface area contributed by atoms with Crippen LogP contribution in [0.4, 0.5) is 0 Å². The van der Waals surface area contributed by atoms with Crippen molar-refractivity contribution in [2.75, 3.05) is 33.0 Å². The largest absolute Gasteiger partial charge is 0.376 e. The summed E-state index contributed by atoms with van der Waals surface area (Å²) >= 11 is 0. The van der Waals surface area contributed by atoms with Gasteiger partial charge in [0.05, 0.1) is 52.4 Å². The Labute approximate surface area is 162 Å². The maximum atomic E-state index is 11.7. The minimum atomic E-state index is -0.0400. The number of rotatable bonds is 7. The van der Waals surface area contributed by atoms with Gasteiger partial charge in [0, 0.05) is 23.5 Å². The quantitative estimate of drug-likeness (QED) is 0.731. The van der Waals surface area contributed by atoms with Crippen molar-refractivity contribution in [1.82, 2.24) is 4.98 Å². The van der Waals surface area contributed by atoms with Crippen LogP contribution in [-0.2, 0) is 32.2 Å². The molecule has 1 aliphatic heterocycles. The Kier molecular flexibility index (Phi) is 11.4. The lowest BCUT2D eigenvalue weighted by Gasteiger charge is -2.18. The highest BCUT2D eigenvalue weighted by Crippen LogP contribution is 2.11. The highest BCUT2D eigenvalue weighted by atomic mass is 16.6. The molecule has 1 aromatic heterocycles. The fourth-order valence-corrected chi connectivity index (χ4v) is 3.16. The van der Waals surface area contributed by atoms with Crippen molar-refractivity contribution >= 4 is 0 Å². The lowest BCUT2D eigenvalue weighted by molar-refractivity contribution is -0.0529. The molecular formula is C21H35NO5. The van der Waals surface area contributed by atoms with Gasteiger partial charge in [-0.15, -0.1) is 0 Å². The van der Waals surface area contributed by atoms with E-state index in [2.05, 4.69) is 11.9 Å². The molecular weight excluding hydrogens is 346 g/mol. The van der Waals surface area contributed by atoms with Gasteiger partial charge in [-0.05, 0) is 6.42 Å². The van der Waals surface area contributed by atoms with Crippen molar-refractivity contribution in [3.05, 3.63) is 33.7 Å². The molecule has 0 saturated heterocycles. The minimum Gasteiger partial charge on any atom is -0.376 e. The Morgan fingerprint density at radius 1 is 0.889 bits per heavy atom. The first-order valence-electron chi connectivity index (χ1n) is 10.3. The lowest BCUT2D eigenvalue weighted by Crippen LogP contribution is -2.23. The highest BCUT2D eigenvalue weighted by Gasteiger charge is 2.10. The molecule has 0 fully saturated rings. The third kappa shape index (κ3) is 10.1. The monoisotopic (exact) mass is 381 g/mol. The van der Waals surface area contributed by atoms with Gasteiger partial charge in [0.1, 0.15) is 0 Å². The number of unbranched alkanes of at least 4 members (excludes halogenated alkanes) is 5. The van der Waals surface area contributed by atoms with Crippen molar-refractivity contribution in [2.24, 2.45) is 0 Å². The van der Waals surface area contributed by atoms with Crippen LogP contribution in [0.25, 0.3) is 0 Å². The molecule has 6 heteroatoms. The maximum Gasteiger partial charge on any atom is 0.182 e. The number of nitrogens with one attached hydrogen (secondary N) is 1. The average molecular weight is 382 g/mol. The number of fused-ring (bicyclic) bond motifs is 2. The van der Waals surface area contributed by atoms with E-state index in [4.69, 9.17) is 18.9 Å². The van der Waals surface area contributed by atoms with Gasteiger partial charge in [0.25, 0.3) is 0 Å². The van der Waals surface area contributed by atoms with Gasteiger partial charge in [0.15, 0.2) is 5.43 Å². The minimum absolute atomic E-state index is 0.0400. The molecule has 0 radical (unpaired) electrons. The molecule has 154 valence electrons. The topological polar surface area (TPSA) is 69.8 Å². The van der Waals surface area contributed by atoms with Crippen molar-refractivity contribution in [1.29, 1.82) is 0 Å². The van der Waals surface area contributed by atoms with Gasteiger partial charge in [-0.2, -0.15) is 0 Å². The number of pyridine rings is 1. The van der Waals surface area contributed by atoms with Gasteiger partial charge >= 0.3 is 0 Å². The molecule has 1 aromatic rings. The van der Waals surface area contributed by atoms with E-state index in [9.17, 15) is 4.79 Å². The molecule has 2 heterocycles. The Morgan fingerprint density at radius 3 is 2.26 bits per heavy atom. The van der Waals surface area contributed by atoms with E-state index < -0.39 is 0 Å². The van der Waals surface area contributed by atoms with Gasteiger partial charge < -0.3 is 23.9 Å². The number of ether oxygens (including phenoxy) is 4. The summed E-state index contributed by atoms with van der Waals surface area (Å²) in [6.45, 7) is 5.60. The predicted molar refractivity (Wildman–Crippen MR) is 105 cm³/mol. The maximum absolute atomic E-state index is 11.7. The summed E-state index contributed by atoms with van der Waals surface area (Å²) in [6.07, 6.45) is 8.77. The summed E-state index contributed by atoms with van der Waals surface area (Å²) in [5.41, 5.74) is 1.48. The Balaban J connectivity index is 1.76. The van der Waals surface area contributed by atoms with E-state index >= 15 is 0 Å². The lowest BCUT2D eigenvalue weighted by atomic mass is 10.1. The van der Waals surface area contributed by atoms with Crippen molar-refractivity contribution in [3.8, 4) is 0 Å². The molecule has 1 unspecified atom stereocenters. The summed E-state index contributed by atoms with van der Waals surface area (Å²) in [4.78, 5) is 14.9. The number of aromatic amines is 1. The van der Waals surface area contributed by atoms with E-state index in [1.54, 1.807) is 12.1 Å². The van der Waals surface area contributed by atoms with Crippen LogP contribution in [0.5, 0.6) is 0 Å².